The fourth-order valence-electron chi connectivity index (χ4n) is 4.21. The quantitative estimate of drug-likeness (QED) is 0.448. The molecule has 0 amide bonds. The molecule has 5 heteroatoms. The largest absolute Gasteiger partial charge is 0.426 e. The minimum Gasteiger partial charge on any atom is -0.426 e. The first-order chi connectivity index (χ1) is 9.20. The Morgan fingerprint density at radius 1 is 1.35 bits per heavy atom. The molecule has 2 aliphatic carbocycles. The maximum absolute atomic E-state index is 11.7. The Hall–Kier alpha value is -1.17. The molecule has 0 radical (unpaired) electrons. The SMILES string of the molecule is CC1=CC[C@@H](O)[C@]2(C)CC3(O)OC(=O)C(C)=C3[C@H](O)C12. The first kappa shape index (κ1) is 13.8. The highest BCUT2D eigenvalue weighted by atomic mass is 16.7. The van der Waals surface area contributed by atoms with Crippen LogP contribution in [0.25, 0.3) is 0 Å². The van der Waals surface area contributed by atoms with Gasteiger partial charge in [0.1, 0.15) is 0 Å². The van der Waals surface area contributed by atoms with Crippen molar-refractivity contribution in [2.45, 2.75) is 51.6 Å². The van der Waals surface area contributed by atoms with E-state index in [0.717, 1.165) is 5.57 Å². The zero-order valence-corrected chi connectivity index (χ0v) is 11.9. The van der Waals surface area contributed by atoms with Crippen molar-refractivity contribution < 1.29 is 24.9 Å². The van der Waals surface area contributed by atoms with E-state index in [2.05, 4.69) is 0 Å². The zero-order chi connectivity index (χ0) is 14.9. The van der Waals surface area contributed by atoms with E-state index in [4.69, 9.17) is 4.74 Å². The highest BCUT2D eigenvalue weighted by molar-refractivity contribution is 5.92. The van der Waals surface area contributed by atoms with Crippen LogP contribution in [-0.4, -0.2) is 39.3 Å². The van der Waals surface area contributed by atoms with Crippen molar-refractivity contribution in [1.82, 2.24) is 0 Å². The van der Waals surface area contributed by atoms with Gasteiger partial charge >= 0.3 is 5.97 Å². The fourth-order valence-corrected chi connectivity index (χ4v) is 4.21. The van der Waals surface area contributed by atoms with Crippen molar-refractivity contribution in [1.29, 1.82) is 0 Å². The summed E-state index contributed by atoms with van der Waals surface area (Å²) in [5.41, 5.74) is 0.787. The number of hydrogen-bond acceptors (Lipinski definition) is 5. The normalized spacial score (nSPS) is 47.6. The van der Waals surface area contributed by atoms with E-state index in [-0.39, 0.29) is 23.5 Å². The predicted octanol–water partition coefficient (Wildman–Crippen LogP) is 0.646. The lowest BCUT2D eigenvalue weighted by Crippen LogP contribution is -2.59. The van der Waals surface area contributed by atoms with Crippen molar-refractivity contribution >= 4 is 5.97 Å². The first-order valence-corrected chi connectivity index (χ1v) is 6.90. The Morgan fingerprint density at radius 2 is 2.00 bits per heavy atom. The summed E-state index contributed by atoms with van der Waals surface area (Å²) in [6, 6.07) is 0. The Balaban J connectivity index is 2.16. The van der Waals surface area contributed by atoms with Gasteiger partial charge in [0.15, 0.2) is 0 Å². The molecule has 0 saturated heterocycles. The summed E-state index contributed by atoms with van der Waals surface area (Å²) in [7, 11) is 0. The average Bonchev–Trinajstić information content (AvgIpc) is 2.54. The molecule has 0 aromatic carbocycles. The molecule has 0 aromatic rings. The van der Waals surface area contributed by atoms with Gasteiger partial charge in [0.2, 0.25) is 5.79 Å². The van der Waals surface area contributed by atoms with Gasteiger partial charge in [-0.2, -0.15) is 0 Å². The second-order valence-corrected chi connectivity index (χ2v) is 6.52. The maximum atomic E-state index is 11.7. The summed E-state index contributed by atoms with van der Waals surface area (Å²) >= 11 is 0. The third-order valence-corrected chi connectivity index (χ3v) is 5.25. The molecule has 3 rings (SSSR count). The van der Waals surface area contributed by atoms with E-state index in [1.54, 1.807) is 6.92 Å². The lowest BCUT2D eigenvalue weighted by Gasteiger charge is -2.53. The van der Waals surface area contributed by atoms with Gasteiger partial charge in [-0.05, 0) is 20.3 Å². The number of aliphatic hydroxyl groups is 3. The van der Waals surface area contributed by atoms with Gasteiger partial charge in [-0.3, -0.25) is 0 Å². The fraction of sp³-hybridized carbons (Fsp3) is 0.667. The summed E-state index contributed by atoms with van der Waals surface area (Å²) in [4.78, 5) is 11.7. The topological polar surface area (TPSA) is 87.0 Å². The summed E-state index contributed by atoms with van der Waals surface area (Å²) in [5, 5.41) is 31.7. The van der Waals surface area contributed by atoms with Crippen LogP contribution >= 0.6 is 0 Å². The number of esters is 1. The van der Waals surface area contributed by atoms with E-state index >= 15 is 0 Å². The number of fused-ring (bicyclic) bond motifs is 2. The van der Waals surface area contributed by atoms with Crippen molar-refractivity contribution in [2.24, 2.45) is 11.3 Å². The van der Waals surface area contributed by atoms with Crippen molar-refractivity contribution in [3.8, 4) is 0 Å². The van der Waals surface area contributed by atoms with E-state index in [9.17, 15) is 20.1 Å². The second-order valence-electron chi connectivity index (χ2n) is 6.52. The summed E-state index contributed by atoms with van der Waals surface area (Å²) in [5.74, 6) is -2.70. The van der Waals surface area contributed by atoms with Gasteiger partial charge < -0.3 is 20.1 Å². The van der Waals surface area contributed by atoms with Gasteiger partial charge in [-0.1, -0.05) is 18.6 Å². The molecule has 1 aliphatic heterocycles. The number of carbonyl (C=O) groups excluding carboxylic acids is 1. The highest BCUT2D eigenvalue weighted by Crippen LogP contribution is 2.57. The summed E-state index contributed by atoms with van der Waals surface area (Å²) in [6.07, 6.45) is 0.797. The Bertz CT molecular complexity index is 548. The molecule has 0 spiro atoms. The van der Waals surface area contributed by atoms with Gasteiger partial charge in [0.05, 0.1) is 12.2 Å². The molecule has 5 atom stereocenters. The molecule has 2 unspecified atom stereocenters. The average molecular weight is 280 g/mol. The number of hydrogen-bond donors (Lipinski definition) is 3. The monoisotopic (exact) mass is 280 g/mol. The third kappa shape index (κ3) is 1.51. The van der Waals surface area contributed by atoms with Crippen molar-refractivity contribution in [3.63, 3.8) is 0 Å². The number of rotatable bonds is 0. The lowest BCUT2D eigenvalue weighted by molar-refractivity contribution is -0.223. The van der Waals surface area contributed by atoms with Crippen LogP contribution in [0.3, 0.4) is 0 Å². The molecular formula is C15H20O5. The molecular weight excluding hydrogens is 260 g/mol. The van der Waals surface area contributed by atoms with Crippen LogP contribution in [0.5, 0.6) is 0 Å². The molecule has 0 bridgehead atoms. The molecule has 1 heterocycles. The van der Waals surface area contributed by atoms with E-state index in [0.29, 0.717) is 6.42 Å². The van der Waals surface area contributed by atoms with Crippen molar-refractivity contribution in [2.75, 3.05) is 0 Å². The summed E-state index contributed by atoms with van der Waals surface area (Å²) in [6.45, 7) is 5.30. The number of carbonyl (C=O) groups is 1. The highest BCUT2D eigenvalue weighted by Gasteiger charge is 2.63. The van der Waals surface area contributed by atoms with Crippen LogP contribution in [0.1, 0.15) is 33.6 Å². The van der Waals surface area contributed by atoms with E-state index in [1.807, 2.05) is 19.9 Å². The van der Waals surface area contributed by atoms with Gasteiger partial charge in [-0.15, -0.1) is 0 Å². The first-order valence-electron chi connectivity index (χ1n) is 6.90. The van der Waals surface area contributed by atoms with Crippen LogP contribution < -0.4 is 0 Å². The molecule has 20 heavy (non-hydrogen) atoms. The third-order valence-electron chi connectivity index (χ3n) is 5.25. The zero-order valence-electron chi connectivity index (χ0n) is 11.9. The summed E-state index contributed by atoms with van der Waals surface area (Å²) < 4.78 is 5.09. The van der Waals surface area contributed by atoms with Gasteiger partial charge in [-0.25, -0.2) is 4.79 Å². The Labute approximate surface area is 117 Å². The maximum Gasteiger partial charge on any atom is 0.336 e. The van der Waals surface area contributed by atoms with E-state index in [1.165, 1.54) is 0 Å². The minimum atomic E-state index is -1.79. The van der Waals surface area contributed by atoms with Crippen LogP contribution in [0.2, 0.25) is 0 Å². The number of ether oxygens (including phenoxy) is 1. The van der Waals surface area contributed by atoms with E-state index < -0.39 is 29.4 Å². The molecule has 3 aliphatic rings. The molecule has 1 saturated carbocycles. The van der Waals surface area contributed by atoms with Gasteiger partial charge in [0, 0.05) is 28.9 Å². The van der Waals surface area contributed by atoms with Crippen LogP contribution in [0, 0.1) is 11.3 Å². The van der Waals surface area contributed by atoms with Gasteiger partial charge in [0.25, 0.3) is 0 Å². The predicted molar refractivity (Wildman–Crippen MR) is 70.3 cm³/mol. The smallest absolute Gasteiger partial charge is 0.336 e. The molecule has 1 fully saturated rings. The molecule has 0 aromatic heterocycles. The Kier molecular flexibility index (Phi) is 2.71. The molecule has 3 N–H and O–H groups in total. The van der Waals surface area contributed by atoms with Crippen LogP contribution in [0.15, 0.2) is 22.8 Å². The van der Waals surface area contributed by atoms with Crippen molar-refractivity contribution in [3.05, 3.63) is 22.8 Å². The lowest BCUT2D eigenvalue weighted by atomic mass is 9.55. The molecule has 5 nitrogen and oxygen atoms in total. The number of aliphatic hydroxyl groups excluding tert-OH is 2. The Morgan fingerprint density at radius 3 is 2.65 bits per heavy atom. The van der Waals surface area contributed by atoms with Crippen LogP contribution in [-0.2, 0) is 9.53 Å². The second kappa shape index (κ2) is 3.93. The standard InChI is InChI=1S/C15H20O5/c1-7-4-5-9(16)14(3)6-15(19)11(12(17)10(7)14)8(2)13(18)20-15/h4,9-10,12,16-17,19H,5-6H2,1-3H3/t9-,10?,12-,14+,15?/m1/s1. The van der Waals surface area contributed by atoms with Crippen LogP contribution in [0.4, 0.5) is 0 Å². The minimum absolute atomic E-state index is 0.104. The molecule has 110 valence electrons.